The van der Waals surface area contributed by atoms with Gasteiger partial charge >= 0.3 is 6.09 Å². The summed E-state index contributed by atoms with van der Waals surface area (Å²) in [6.45, 7) is 7.48. The van der Waals surface area contributed by atoms with Crippen LogP contribution in [0.5, 0.6) is 0 Å². The zero-order valence-corrected chi connectivity index (χ0v) is 25.0. The number of rotatable bonds is 6. The lowest BCUT2D eigenvalue weighted by atomic mass is 9.90. The molecule has 0 aliphatic carbocycles. The molecule has 4 heterocycles. The van der Waals surface area contributed by atoms with Crippen LogP contribution in [0.3, 0.4) is 0 Å². The first-order chi connectivity index (χ1) is 20.9. The number of carbonyl (C=O) groups is 3. The topological polar surface area (TPSA) is 118 Å². The van der Waals surface area contributed by atoms with Gasteiger partial charge in [0, 0.05) is 67.5 Å². The number of aromatic nitrogens is 1. The lowest BCUT2D eigenvalue weighted by molar-refractivity contribution is -0.121. The summed E-state index contributed by atoms with van der Waals surface area (Å²) in [4.78, 5) is 50.7. The Kier molecular flexibility index (Phi) is 7.63. The Balaban J connectivity index is 1.24. The number of benzene rings is 2. The molecule has 0 saturated carbocycles. The Bertz CT molecular complexity index is 1610. The van der Waals surface area contributed by atoms with E-state index in [4.69, 9.17) is 0 Å². The highest BCUT2D eigenvalue weighted by atomic mass is 19.1. The summed E-state index contributed by atoms with van der Waals surface area (Å²) in [7, 11) is 0. The minimum absolute atomic E-state index is 0.0255. The molecule has 2 aromatic carbocycles. The van der Waals surface area contributed by atoms with Crippen molar-refractivity contribution in [2.75, 3.05) is 37.6 Å². The number of hydrogen-bond acceptors (Lipinski definition) is 6. The van der Waals surface area contributed by atoms with Gasteiger partial charge in [0.2, 0.25) is 5.91 Å². The fourth-order valence-electron chi connectivity index (χ4n) is 6.68. The number of hydrogen-bond donors (Lipinski definition) is 2. The zero-order chi connectivity index (χ0) is 31.3. The number of pyridine rings is 1. The maximum Gasteiger partial charge on any atom is 0.407 e. The van der Waals surface area contributed by atoms with Crippen molar-refractivity contribution in [1.29, 1.82) is 0 Å². The van der Waals surface area contributed by atoms with E-state index in [-0.39, 0.29) is 43.5 Å². The molecule has 6 rings (SSSR count). The lowest BCUT2D eigenvalue weighted by Gasteiger charge is -2.45. The first-order valence-electron chi connectivity index (χ1n) is 14.8. The number of aliphatic hydroxyl groups is 1. The monoisotopic (exact) mass is 601 g/mol. The van der Waals surface area contributed by atoms with Crippen molar-refractivity contribution in [3.63, 3.8) is 0 Å². The number of amides is 3. The smallest absolute Gasteiger partial charge is 0.407 e. The van der Waals surface area contributed by atoms with Crippen LogP contribution in [0, 0.1) is 5.82 Å². The van der Waals surface area contributed by atoms with Crippen molar-refractivity contribution in [1.82, 2.24) is 19.7 Å². The number of carbonyl (C=O) groups excluding carboxylic acids is 2. The van der Waals surface area contributed by atoms with Crippen molar-refractivity contribution in [2.24, 2.45) is 0 Å². The molecule has 10 nitrogen and oxygen atoms in total. The van der Waals surface area contributed by atoms with E-state index in [1.807, 2.05) is 43.9 Å². The van der Waals surface area contributed by atoms with Gasteiger partial charge < -0.3 is 24.9 Å². The van der Waals surface area contributed by atoms with Gasteiger partial charge in [-0.25, -0.2) is 9.18 Å². The summed E-state index contributed by atoms with van der Waals surface area (Å²) in [5.41, 5.74) is 3.49. The Morgan fingerprint density at radius 1 is 1.09 bits per heavy atom. The SMILES string of the molecule is C[C@@H]1CN(CC(=O)N2CC(C)(C)c3ncc([C@H](O)c4ccc(F)cc4)cc32)[C@@H](CN2Cc3ccccc3C2=O)CN1C(=O)O. The Labute approximate surface area is 255 Å². The van der Waals surface area contributed by atoms with Crippen molar-refractivity contribution in [3.8, 4) is 0 Å². The number of piperazine rings is 1. The van der Waals surface area contributed by atoms with E-state index >= 15 is 0 Å². The van der Waals surface area contributed by atoms with Crippen molar-refractivity contribution < 1.29 is 29.0 Å². The van der Waals surface area contributed by atoms with Gasteiger partial charge in [0.15, 0.2) is 0 Å². The normalized spacial score (nSPS) is 21.8. The van der Waals surface area contributed by atoms with Crippen molar-refractivity contribution in [3.05, 3.63) is 94.6 Å². The number of anilines is 1. The van der Waals surface area contributed by atoms with Gasteiger partial charge in [0.25, 0.3) is 5.91 Å². The maximum atomic E-state index is 14.0. The predicted octanol–water partition coefficient (Wildman–Crippen LogP) is 3.64. The highest BCUT2D eigenvalue weighted by Gasteiger charge is 2.43. The average Bonchev–Trinajstić information content (AvgIpc) is 3.46. The molecule has 3 aliphatic heterocycles. The van der Waals surface area contributed by atoms with Crippen LogP contribution in [0.4, 0.5) is 14.9 Å². The first kappa shape index (κ1) is 29.7. The van der Waals surface area contributed by atoms with E-state index in [0.717, 1.165) is 11.3 Å². The molecule has 11 heteroatoms. The lowest BCUT2D eigenvalue weighted by Crippen LogP contribution is -2.63. The van der Waals surface area contributed by atoms with Crippen molar-refractivity contribution >= 4 is 23.6 Å². The molecular formula is C33H36FN5O5. The summed E-state index contributed by atoms with van der Waals surface area (Å²) in [5, 5.41) is 20.9. The Hall–Kier alpha value is -4.35. The summed E-state index contributed by atoms with van der Waals surface area (Å²) in [6.07, 6.45) is -0.486. The van der Waals surface area contributed by atoms with Gasteiger partial charge in [-0.3, -0.25) is 19.5 Å². The number of fused-ring (bicyclic) bond motifs is 2. The number of aliphatic hydroxyl groups excluding tert-OH is 1. The van der Waals surface area contributed by atoms with Crippen molar-refractivity contribution in [2.45, 2.75) is 50.9 Å². The molecule has 44 heavy (non-hydrogen) atoms. The Morgan fingerprint density at radius 2 is 1.82 bits per heavy atom. The number of halogens is 1. The third-order valence-corrected chi connectivity index (χ3v) is 9.04. The average molecular weight is 602 g/mol. The fourth-order valence-corrected chi connectivity index (χ4v) is 6.68. The standard InChI is InChI=1S/C33H36FN5O5/c1-20-14-36(25(17-38(20)32(43)44)16-37-15-22-6-4-5-7-26(22)31(37)42)18-28(40)39-19-33(2,3)30-27(39)12-23(13-35-30)29(41)21-8-10-24(34)11-9-21/h4-13,20,25,29,41H,14-19H2,1-3H3,(H,43,44)/t20-,25+,29-/m1/s1. The first-order valence-corrected chi connectivity index (χ1v) is 14.8. The molecule has 230 valence electrons. The van der Waals surface area contributed by atoms with E-state index in [1.165, 1.54) is 29.2 Å². The summed E-state index contributed by atoms with van der Waals surface area (Å²) < 4.78 is 13.5. The summed E-state index contributed by atoms with van der Waals surface area (Å²) in [5.74, 6) is -0.674. The third kappa shape index (κ3) is 5.41. The van der Waals surface area contributed by atoms with Gasteiger partial charge in [0.1, 0.15) is 11.9 Å². The number of nitrogens with zero attached hydrogens (tertiary/aromatic N) is 5. The molecular weight excluding hydrogens is 565 g/mol. The van der Waals surface area contributed by atoms with Crippen LogP contribution in [0.25, 0.3) is 0 Å². The molecule has 3 atom stereocenters. The Morgan fingerprint density at radius 3 is 2.52 bits per heavy atom. The molecule has 0 spiro atoms. The van der Waals surface area contributed by atoms with Crippen LogP contribution in [0.15, 0.2) is 60.8 Å². The molecule has 3 aromatic rings. The van der Waals surface area contributed by atoms with Crippen LogP contribution >= 0.6 is 0 Å². The second kappa shape index (κ2) is 11.3. The molecule has 0 bridgehead atoms. The second-order valence-corrected chi connectivity index (χ2v) is 12.7. The molecule has 0 unspecified atom stereocenters. The highest BCUT2D eigenvalue weighted by Crippen LogP contribution is 2.41. The van der Waals surface area contributed by atoms with E-state index in [2.05, 4.69) is 4.98 Å². The quantitative estimate of drug-likeness (QED) is 0.443. The molecule has 2 N–H and O–H groups in total. The minimum atomic E-state index is -1.05. The maximum absolute atomic E-state index is 14.0. The van der Waals surface area contributed by atoms with Gasteiger partial charge in [-0.1, -0.05) is 44.2 Å². The van der Waals surface area contributed by atoms with Gasteiger partial charge in [-0.05, 0) is 42.3 Å². The summed E-state index contributed by atoms with van der Waals surface area (Å²) >= 11 is 0. The van der Waals surface area contributed by atoms with Gasteiger partial charge in [-0.2, -0.15) is 0 Å². The highest BCUT2D eigenvalue weighted by molar-refractivity contribution is 5.98. The molecule has 1 fully saturated rings. The third-order valence-electron chi connectivity index (χ3n) is 9.04. The largest absolute Gasteiger partial charge is 0.465 e. The zero-order valence-electron chi connectivity index (χ0n) is 25.0. The van der Waals surface area contributed by atoms with E-state index < -0.39 is 23.4 Å². The molecule has 0 radical (unpaired) electrons. The van der Waals surface area contributed by atoms with E-state index in [1.54, 1.807) is 28.1 Å². The van der Waals surface area contributed by atoms with Crippen LogP contribution in [-0.2, 0) is 16.8 Å². The fraction of sp³-hybridized carbons (Fsp3) is 0.394. The number of carboxylic acid groups (broad SMARTS) is 1. The van der Waals surface area contributed by atoms with E-state index in [0.29, 0.717) is 42.0 Å². The second-order valence-electron chi connectivity index (χ2n) is 12.7. The van der Waals surface area contributed by atoms with E-state index in [9.17, 15) is 29.0 Å². The van der Waals surface area contributed by atoms with Gasteiger partial charge in [-0.15, -0.1) is 0 Å². The molecule has 1 saturated heterocycles. The predicted molar refractivity (Wildman–Crippen MR) is 161 cm³/mol. The van der Waals surface area contributed by atoms with Crippen LogP contribution in [0.1, 0.15) is 59.6 Å². The van der Waals surface area contributed by atoms with Crippen LogP contribution in [-0.4, -0.2) is 92.6 Å². The van der Waals surface area contributed by atoms with Crippen LogP contribution < -0.4 is 4.90 Å². The summed E-state index contributed by atoms with van der Waals surface area (Å²) in [6, 6.07) is 14.1. The van der Waals surface area contributed by atoms with Gasteiger partial charge in [0.05, 0.1) is 17.9 Å². The molecule has 3 aliphatic rings. The molecule has 1 aromatic heterocycles. The molecule has 3 amide bonds. The minimum Gasteiger partial charge on any atom is -0.465 e. The van der Waals surface area contributed by atoms with Crippen LogP contribution in [0.2, 0.25) is 0 Å².